The van der Waals surface area contributed by atoms with Gasteiger partial charge in [0, 0.05) is 6.04 Å². The minimum atomic E-state index is 0.416. The van der Waals surface area contributed by atoms with Crippen LogP contribution >= 0.6 is 0 Å². The Balaban J connectivity index is 3.03. The van der Waals surface area contributed by atoms with E-state index < -0.39 is 0 Å². The molecule has 1 N–H and O–H groups in total. The Kier molecular flexibility index (Phi) is 5.49. The topological polar surface area (TPSA) is 21.3 Å². The Morgan fingerprint density at radius 3 is 2.35 bits per heavy atom. The molecule has 17 heavy (non-hydrogen) atoms. The van der Waals surface area contributed by atoms with Gasteiger partial charge in [-0.25, -0.2) is 0 Å². The first-order valence-corrected chi connectivity index (χ1v) is 6.49. The highest BCUT2D eigenvalue weighted by Gasteiger charge is 2.19. The summed E-state index contributed by atoms with van der Waals surface area (Å²) in [5.41, 5.74) is 2.51. The molecule has 2 heteroatoms. The predicted molar refractivity (Wildman–Crippen MR) is 73.6 cm³/mol. The van der Waals surface area contributed by atoms with Crippen LogP contribution in [0.25, 0.3) is 0 Å². The maximum Gasteiger partial charge on any atom is 0.122 e. The lowest BCUT2D eigenvalue weighted by Crippen LogP contribution is -2.24. The van der Waals surface area contributed by atoms with Gasteiger partial charge in [0.1, 0.15) is 5.75 Å². The third-order valence-electron chi connectivity index (χ3n) is 3.62. The zero-order chi connectivity index (χ0) is 12.8. The first kappa shape index (κ1) is 14.0. The van der Waals surface area contributed by atoms with Gasteiger partial charge in [0.15, 0.2) is 0 Å². The van der Waals surface area contributed by atoms with E-state index in [1.807, 2.05) is 7.05 Å². The smallest absolute Gasteiger partial charge is 0.122 e. The predicted octanol–water partition coefficient (Wildman–Crippen LogP) is 3.70. The molecule has 2 nitrogen and oxygen atoms in total. The van der Waals surface area contributed by atoms with Gasteiger partial charge in [0.25, 0.3) is 0 Å². The summed E-state index contributed by atoms with van der Waals surface area (Å²) in [6.45, 7) is 6.59. The quantitative estimate of drug-likeness (QED) is 0.811. The molecule has 0 amide bonds. The van der Waals surface area contributed by atoms with Crippen molar-refractivity contribution in [2.45, 2.75) is 39.7 Å². The van der Waals surface area contributed by atoms with Crippen LogP contribution in [0.3, 0.4) is 0 Å². The Labute approximate surface area is 105 Å². The molecule has 0 aliphatic carbocycles. The maximum absolute atomic E-state index is 5.40. The van der Waals surface area contributed by atoms with Gasteiger partial charge < -0.3 is 10.1 Å². The molecule has 0 spiro atoms. The lowest BCUT2D eigenvalue weighted by atomic mass is 9.88. The van der Waals surface area contributed by atoms with Crippen molar-refractivity contribution in [3.63, 3.8) is 0 Å². The SMILES string of the molecule is CCC(CC)C(NC)c1ccc(C)c(OC)c1. The summed E-state index contributed by atoms with van der Waals surface area (Å²) < 4.78 is 5.40. The highest BCUT2D eigenvalue weighted by Crippen LogP contribution is 2.30. The van der Waals surface area contributed by atoms with Crippen molar-refractivity contribution in [3.05, 3.63) is 29.3 Å². The molecule has 0 saturated carbocycles. The molecule has 1 atom stereocenters. The summed E-state index contributed by atoms with van der Waals surface area (Å²) >= 11 is 0. The number of rotatable bonds is 6. The molecule has 0 bridgehead atoms. The normalized spacial score (nSPS) is 12.8. The van der Waals surface area contributed by atoms with Crippen LogP contribution in [0.1, 0.15) is 43.9 Å². The Bertz CT molecular complexity index is 345. The summed E-state index contributed by atoms with van der Waals surface area (Å²) in [7, 11) is 3.77. The number of ether oxygens (including phenoxy) is 1. The van der Waals surface area contributed by atoms with Gasteiger partial charge in [-0.3, -0.25) is 0 Å². The van der Waals surface area contributed by atoms with E-state index in [2.05, 4.69) is 44.3 Å². The van der Waals surface area contributed by atoms with Crippen molar-refractivity contribution in [2.24, 2.45) is 5.92 Å². The zero-order valence-corrected chi connectivity index (χ0v) is 11.7. The van der Waals surface area contributed by atoms with E-state index >= 15 is 0 Å². The molecule has 1 rings (SSSR count). The summed E-state index contributed by atoms with van der Waals surface area (Å²) in [6.07, 6.45) is 2.39. The molecule has 0 aliphatic heterocycles. The molecule has 0 aliphatic rings. The van der Waals surface area contributed by atoms with Crippen LogP contribution in [0.4, 0.5) is 0 Å². The Morgan fingerprint density at radius 2 is 1.88 bits per heavy atom. The average molecular weight is 235 g/mol. The van der Waals surface area contributed by atoms with Crippen LogP contribution in [0.2, 0.25) is 0 Å². The summed E-state index contributed by atoms with van der Waals surface area (Å²) in [5, 5.41) is 3.44. The van der Waals surface area contributed by atoms with Crippen LogP contribution in [-0.2, 0) is 0 Å². The third kappa shape index (κ3) is 3.22. The van der Waals surface area contributed by atoms with E-state index in [4.69, 9.17) is 4.74 Å². The van der Waals surface area contributed by atoms with Crippen molar-refractivity contribution in [1.29, 1.82) is 0 Å². The molecular weight excluding hydrogens is 210 g/mol. The fourth-order valence-corrected chi connectivity index (χ4v) is 2.46. The van der Waals surface area contributed by atoms with Gasteiger partial charge in [-0.1, -0.05) is 38.8 Å². The fourth-order valence-electron chi connectivity index (χ4n) is 2.46. The van der Waals surface area contributed by atoms with Crippen molar-refractivity contribution >= 4 is 0 Å². The second-order valence-electron chi connectivity index (χ2n) is 4.57. The van der Waals surface area contributed by atoms with Gasteiger partial charge in [0.2, 0.25) is 0 Å². The number of methoxy groups -OCH3 is 1. The van der Waals surface area contributed by atoms with E-state index in [0.29, 0.717) is 12.0 Å². The minimum absolute atomic E-state index is 0.416. The van der Waals surface area contributed by atoms with Crippen molar-refractivity contribution < 1.29 is 4.74 Å². The zero-order valence-electron chi connectivity index (χ0n) is 11.7. The number of benzene rings is 1. The highest BCUT2D eigenvalue weighted by atomic mass is 16.5. The third-order valence-corrected chi connectivity index (χ3v) is 3.62. The van der Waals surface area contributed by atoms with Crippen LogP contribution in [0.15, 0.2) is 18.2 Å². The molecule has 96 valence electrons. The van der Waals surface area contributed by atoms with Crippen LogP contribution in [-0.4, -0.2) is 14.2 Å². The molecule has 1 aromatic carbocycles. The molecular formula is C15H25NO. The number of nitrogens with one attached hydrogen (secondary N) is 1. The minimum Gasteiger partial charge on any atom is -0.496 e. The second kappa shape index (κ2) is 6.65. The molecule has 0 fully saturated rings. The van der Waals surface area contributed by atoms with Gasteiger partial charge in [0.05, 0.1) is 7.11 Å². The van der Waals surface area contributed by atoms with E-state index in [0.717, 1.165) is 5.75 Å². The van der Waals surface area contributed by atoms with Crippen LogP contribution in [0.5, 0.6) is 5.75 Å². The van der Waals surface area contributed by atoms with Crippen molar-refractivity contribution in [1.82, 2.24) is 5.32 Å². The van der Waals surface area contributed by atoms with E-state index in [1.165, 1.54) is 24.0 Å². The first-order chi connectivity index (χ1) is 8.17. The Morgan fingerprint density at radius 1 is 1.24 bits per heavy atom. The average Bonchev–Trinajstić information content (AvgIpc) is 2.36. The summed E-state index contributed by atoms with van der Waals surface area (Å²) in [4.78, 5) is 0. The standard InChI is InChI=1S/C15H25NO/c1-6-12(7-2)15(16-4)13-9-8-11(3)14(10-13)17-5/h8-10,12,15-16H,6-7H2,1-5H3. The second-order valence-corrected chi connectivity index (χ2v) is 4.57. The van der Waals surface area contributed by atoms with Crippen molar-refractivity contribution in [2.75, 3.05) is 14.2 Å². The highest BCUT2D eigenvalue weighted by molar-refractivity contribution is 5.38. The summed E-state index contributed by atoms with van der Waals surface area (Å²) in [5.74, 6) is 1.65. The Hall–Kier alpha value is -1.02. The van der Waals surface area contributed by atoms with Crippen LogP contribution < -0.4 is 10.1 Å². The van der Waals surface area contributed by atoms with Gasteiger partial charge in [-0.2, -0.15) is 0 Å². The van der Waals surface area contributed by atoms with Crippen molar-refractivity contribution in [3.8, 4) is 5.75 Å². The maximum atomic E-state index is 5.40. The van der Waals surface area contributed by atoms with Gasteiger partial charge in [-0.05, 0) is 37.1 Å². The number of hydrogen-bond acceptors (Lipinski definition) is 2. The first-order valence-electron chi connectivity index (χ1n) is 6.49. The largest absolute Gasteiger partial charge is 0.496 e. The van der Waals surface area contributed by atoms with E-state index in [-0.39, 0.29) is 0 Å². The molecule has 0 radical (unpaired) electrons. The molecule has 0 saturated heterocycles. The number of hydrogen-bond donors (Lipinski definition) is 1. The van der Waals surface area contributed by atoms with Crippen LogP contribution in [0, 0.1) is 12.8 Å². The molecule has 1 aromatic rings. The summed E-state index contributed by atoms with van der Waals surface area (Å²) in [6, 6.07) is 6.92. The number of aryl methyl sites for hydroxylation is 1. The lowest BCUT2D eigenvalue weighted by Gasteiger charge is -2.26. The van der Waals surface area contributed by atoms with E-state index in [9.17, 15) is 0 Å². The monoisotopic (exact) mass is 235 g/mol. The lowest BCUT2D eigenvalue weighted by molar-refractivity contribution is 0.356. The fraction of sp³-hybridized carbons (Fsp3) is 0.600. The van der Waals surface area contributed by atoms with Gasteiger partial charge >= 0.3 is 0 Å². The van der Waals surface area contributed by atoms with Gasteiger partial charge in [-0.15, -0.1) is 0 Å². The molecule has 1 unspecified atom stereocenters. The molecule has 0 aromatic heterocycles. The van der Waals surface area contributed by atoms with E-state index in [1.54, 1.807) is 7.11 Å². The molecule has 0 heterocycles.